The standard InChI is InChI=1S/C6H8N2OS/c1-4-5(9)7-3-8-6(4)10-2/h3H,1-2H3,(H,7,8,9). The summed E-state index contributed by atoms with van der Waals surface area (Å²) >= 11 is 1.48. The predicted molar refractivity (Wildman–Crippen MR) is 41.4 cm³/mol. The summed E-state index contributed by atoms with van der Waals surface area (Å²) < 4.78 is 0. The highest BCUT2D eigenvalue weighted by atomic mass is 32.2. The Morgan fingerprint density at radius 2 is 2.40 bits per heavy atom. The van der Waals surface area contributed by atoms with Gasteiger partial charge in [0, 0.05) is 5.56 Å². The highest BCUT2D eigenvalue weighted by molar-refractivity contribution is 7.98. The Kier molecular flexibility index (Phi) is 2.11. The maximum Gasteiger partial charge on any atom is 0.254 e. The summed E-state index contributed by atoms with van der Waals surface area (Å²) in [6.07, 6.45) is 3.32. The molecular weight excluding hydrogens is 148 g/mol. The number of hydrogen-bond acceptors (Lipinski definition) is 3. The summed E-state index contributed by atoms with van der Waals surface area (Å²) in [7, 11) is 0. The van der Waals surface area contributed by atoms with Gasteiger partial charge in [-0.25, -0.2) is 4.98 Å². The van der Waals surface area contributed by atoms with Crippen LogP contribution in [0.3, 0.4) is 0 Å². The molecule has 0 spiro atoms. The monoisotopic (exact) mass is 156 g/mol. The summed E-state index contributed by atoms with van der Waals surface area (Å²) in [5.41, 5.74) is 0.634. The molecule has 1 aromatic heterocycles. The van der Waals surface area contributed by atoms with Crippen LogP contribution < -0.4 is 5.56 Å². The van der Waals surface area contributed by atoms with Crippen LogP contribution in [0.15, 0.2) is 16.1 Å². The van der Waals surface area contributed by atoms with E-state index in [-0.39, 0.29) is 5.56 Å². The maximum atomic E-state index is 10.9. The van der Waals surface area contributed by atoms with Gasteiger partial charge < -0.3 is 4.98 Å². The van der Waals surface area contributed by atoms with Crippen LogP contribution >= 0.6 is 11.8 Å². The molecule has 1 N–H and O–H groups in total. The molecule has 3 nitrogen and oxygen atoms in total. The lowest BCUT2D eigenvalue weighted by molar-refractivity contribution is 0.970. The summed E-state index contributed by atoms with van der Waals surface area (Å²) in [5, 5.41) is 0.795. The number of nitrogens with zero attached hydrogens (tertiary/aromatic N) is 1. The zero-order valence-electron chi connectivity index (χ0n) is 5.84. The summed E-state index contributed by atoms with van der Waals surface area (Å²) in [5.74, 6) is 0. The second kappa shape index (κ2) is 2.88. The minimum Gasteiger partial charge on any atom is -0.313 e. The smallest absolute Gasteiger partial charge is 0.254 e. The average Bonchev–Trinajstić information content (AvgIpc) is 1.95. The van der Waals surface area contributed by atoms with Crippen LogP contribution in [0.1, 0.15) is 5.56 Å². The van der Waals surface area contributed by atoms with Crippen molar-refractivity contribution >= 4 is 11.8 Å². The zero-order chi connectivity index (χ0) is 7.56. The van der Waals surface area contributed by atoms with Crippen molar-refractivity contribution in [1.82, 2.24) is 9.97 Å². The quantitative estimate of drug-likeness (QED) is 0.483. The van der Waals surface area contributed by atoms with Crippen molar-refractivity contribution in [3.63, 3.8) is 0 Å². The molecule has 0 aliphatic rings. The number of aromatic amines is 1. The Morgan fingerprint density at radius 3 is 2.90 bits per heavy atom. The first-order valence-corrected chi connectivity index (χ1v) is 4.06. The minimum atomic E-state index is -0.0562. The Balaban J connectivity index is 3.28. The van der Waals surface area contributed by atoms with E-state index in [4.69, 9.17) is 0 Å². The van der Waals surface area contributed by atoms with E-state index in [9.17, 15) is 4.79 Å². The van der Waals surface area contributed by atoms with Gasteiger partial charge in [-0.15, -0.1) is 11.8 Å². The lowest BCUT2D eigenvalue weighted by Crippen LogP contribution is -2.10. The van der Waals surface area contributed by atoms with Crippen molar-refractivity contribution in [2.45, 2.75) is 11.9 Å². The average molecular weight is 156 g/mol. The fourth-order valence-corrected chi connectivity index (χ4v) is 1.21. The molecular formula is C6H8N2OS. The van der Waals surface area contributed by atoms with E-state index in [1.807, 2.05) is 6.26 Å². The van der Waals surface area contributed by atoms with Crippen LogP contribution in [-0.2, 0) is 0 Å². The molecule has 0 aliphatic heterocycles. The van der Waals surface area contributed by atoms with Crippen LogP contribution in [-0.4, -0.2) is 16.2 Å². The molecule has 0 bridgehead atoms. The molecule has 0 amide bonds. The van der Waals surface area contributed by atoms with E-state index in [0.717, 1.165) is 5.03 Å². The molecule has 0 atom stereocenters. The molecule has 0 saturated heterocycles. The van der Waals surface area contributed by atoms with Gasteiger partial charge in [0.1, 0.15) is 5.03 Å². The van der Waals surface area contributed by atoms with Crippen molar-refractivity contribution in [3.8, 4) is 0 Å². The second-order valence-corrected chi connectivity index (χ2v) is 2.66. The first kappa shape index (κ1) is 7.34. The van der Waals surface area contributed by atoms with Gasteiger partial charge in [-0.2, -0.15) is 0 Å². The van der Waals surface area contributed by atoms with Crippen LogP contribution in [0.2, 0.25) is 0 Å². The van der Waals surface area contributed by atoms with Crippen molar-refractivity contribution < 1.29 is 0 Å². The van der Waals surface area contributed by atoms with E-state index in [1.165, 1.54) is 18.1 Å². The maximum absolute atomic E-state index is 10.9. The molecule has 0 aromatic carbocycles. The Morgan fingerprint density at radius 1 is 1.70 bits per heavy atom. The van der Waals surface area contributed by atoms with E-state index in [2.05, 4.69) is 9.97 Å². The van der Waals surface area contributed by atoms with Gasteiger partial charge in [0.15, 0.2) is 0 Å². The van der Waals surface area contributed by atoms with E-state index < -0.39 is 0 Å². The van der Waals surface area contributed by atoms with Crippen molar-refractivity contribution in [2.24, 2.45) is 0 Å². The molecule has 1 aromatic rings. The summed E-state index contributed by atoms with van der Waals surface area (Å²) in [6, 6.07) is 0. The molecule has 1 rings (SSSR count). The lowest BCUT2D eigenvalue weighted by atomic mass is 10.4. The number of nitrogens with one attached hydrogen (secondary N) is 1. The SMILES string of the molecule is CSc1nc[nH]c(=O)c1C. The molecule has 0 aliphatic carbocycles. The highest BCUT2D eigenvalue weighted by Gasteiger charge is 1.99. The normalized spacial score (nSPS) is 9.80. The molecule has 54 valence electrons. The first-order valence-electron chi connectivity index (χ1n) is 2.84. The third-order valence-corrected chi connectivity index (χ3v) is 2.03. The van der Waals surface area contributed by atoms with Crippen molar-refractivity contribution in [3.05, 3.63) is 22.2 Å². The number of thioether (sulfide) groups is 1. The topological polar surface area (TPSA) is 45.8 Å². The third kappa shape index (κ3) is 1.21. The van der Waals surface area contributed by atoms with Crippen LogP contribution in [0.25, 0.3) is 0 Å². The van der Waals surface area contributed by atoms with Gasteiger partial charge >= 0.3 is 0 Å². The number of H-pyrrole nitrogens is 1. The molecule has 0 saturated carbocycles. The van der Waals surface area contributed by atoms with Crippen LogP contribution in [0.4, 0.5) is 0 Å². The molecule has 4 heteroatoms. The molecule has 1 heterocycles. The fourth-order valence-electron chi connectivity index (χ4n) is 0.658. The van der Waals surface area contributed by atoms with E-state index in [1.54, 1.807) is 6.92 Å². The lowest BCUT2D eigenvalue weighted by Gasteiger charge is -1.95. The Hall–Kier alpha value is -0.770. The first-order chi connectivity index (χ1) is 4.75. The number of rotatable bonds is 1. The van der Waals surface area contributed by atoms with Gasteiger partial charge in [0.2, 0.25) is 0 Å². The second-order valence-electron chi connectivity index (χ2n) is 1.87. The zero-order valence-corrected chi connectivity index (χ0v) is 6.66. The Bertz CT molecular complexity index is 281. The van der Waals surface area contributed by atoms with E-state index >= 15 is 0 Å². The Labute approximate surface area is 62.9 Å². The predicted octanol–water partition coefficient (Wildman–Crippen LogP) is 0.800. The van der Waals surface area contributed by atoms with Gasteiger partial charge in [-0.05, 0) is 13.2 Å². The van der Waals surface area contributed by atoms with Crippen LogP contribution in [0.5, 0.6) is 0 Å². The molecule has 0 unspecified atom stereocenters. The van der Waals surface area contributed by atoms with E-state index in [0.29, 0.717) is 5.56 Å². The third-order valence-electron chi connectivity index (χ3n) is 1.23. The van der Waals surface area contributed by atoms with Gasteiger partial charge in [-0.1, -0.05) is 0 Å². The van der Waals surface area contributed by atoms with Crippen LogP contribution in [0, 0.1) is 6.92 Å². The number of hydrogen-bond donors (Lipinski definition) is 1. The van der Waals surface area contributed by atoms with Crippen molar-refractivity contribution in [2.75, 3.05) is 6.26 Å². The van der Waals surface area contributed by atoms with Gasteiger partial charge in [-0.3, -0.25) is 4.79 Å². The van der Waals surface area contributed by atoms with Gasteiger partial charge in [0.05, 0.1) is 6.33 Å². The van der Waals surface area contributed by atoms with Gasteiger partial charge in [0.25, 0.3) is 5.56 Å². The largest absolute Gasteiger partial charge is 0.313 e. The molecule has 0 fully saturated rings. The minimum absolute atomic E-state index is 0.0562. The molecule has 10 heavy (non-hydrogen) atoms. The summed E-state index contributed by atoms with van der Waals surface area (Å²) in [4.78, 5) is 17.3. The fraction of sp³-hybridized carbons (Fsp3) is 0.333. The highest BCUT2D eigenvalue weighted by Crippen LogP contribution is 2.10. The van der Waals surface area contributed by atoms with Crippen molar-refractivity contribution in [1.29, 1.82) is 0 Å². The summed E-state index contributed by atoms with van der Waals surface area (Å²) in [6.45, 7) is 1.76. The number of aromatic nitrogens is 2. The molecule has 0 radical (unpaired) electrons.